The van der Waals surface area contributed by atoms with Gasteiger partial charge < -0.3 is 10.2 Å². The van der Waals surface area contributed by atoms with E-state index in [1.807, 2.05) is 0 Å². The molecular formula is C18H15F2N7OS2. The molecule has 0 atom stereocenters. The number of hydrogen-bond donors (Lipinski definition) is 1. The molecule has 1 aromatic carbocycles. The summed E-state index contributed by atoms with van der Waals surface area (Å²) in [6.45, 7) is 1.99. The van der Waals surface area contributed by atoms with Crippen LogP contribution in [0, 0.1) is 11.6 Å². The van der Waals surface area contributed by atoms with Crippen LogP contribution in [-0.2, 0) is 4.79 Å². The van der Waals surface area contributed by atoms with Gasteiger partial charge in [-0.15, -0.1) is 10.2 Å². The van der Waals surface area contributed by atoms with Crippen LogP contribution in [0.25, 0.3) is 16.0 Å². The van der Waals surface area contributed by atoms with Crippen molar-refractivity contribution in [2.75, 3.05) is 29.1 Å². The van der Waals surface area contributed by atoms with Crippen molar-refractivity contribution in [2.45, 2.75) is 18.0 Å². The van der Waals surface area contributed by atoms with Crippen LogP contribution in [-0.4, -0.2) is 49.3 Å². The quantitative estimate of drug-likeness (QED) is 0.470. The Kier molecular flexibility index (Phi) is 4.95. The van der Waals surface area contributed by atoms with Crippen LogP contribution in [0.15, 0.2) is 29.7 Å². The molecule has 0 unspecified atom stereocenters. The number of fused-ring (bicyclic) bond motifs is 3. The highest BCUT2D eigenvalue weighted by atomic mass is 32.2. The van der Waals surface area contributed by atoms with Crippen molar-refractivity contribution < 1.29 is 13.6 Å². The van der Waals surface area contributed by atoms with E-state index in [-0.39, 0.29) is 17.3 Å². The minimum atomic E-state index is -1.02. The Balaban J connectivity index is 1.32. The fraction of sp³-hybridized carbons (Fsp3) is 0.278. The lowest BCUT2D eigenvalue weighted by atomic mass is 10.3. The first kappa shape index (κ1) is 19.1. The van der Waals surface area contributed by atoms with Gasteiger partial charge in [-0.25, -0.2) is 13.8 Å². The second kappa shape index (κ2) is 7.76. The third-order valence-electron chi connectivity index (χ3n) is 4.67. The molecule has 0 aliphatic carbocycles. The maximum Gasteiger partial charge on any atom is 0.234 e. The van der Waals surface area contributed by atoms with Crippen LogP contribution in [0.4, 0.5) is 19.6 Å². The van der Waals surface area contributed by atoms with E-state index in [0.717, 1.165) is 47.9 Å². The second-order valence-corrected chi connectivity index (χ2v) is 8.65. The van der Waals surface area contributed by atoms with Gasteiger partial charge in [-0.2, -0.15) is 4.98 Å². The molecule has 5 rings (SSSR count). The third kappa shape index (κ3) is 3.56. The number of benzene rings is 1. The van der Waals surface area contributed by atoms with E-state index in [0.29, 0.717) is 16.5 Å². The molecule has 0 saturated carbocycles. The van der Waals surface area contributed by atoms with Crippen LogP contribution in [0.1, 0.15) is 12.8 Å². The molecule has 1 aliphatic heterocycles. The van der Waals surface area contributed by atoms with Gasteiger partial charge in [0.2, 0.25) is 5.91 Å². The largest absolute Gasteiger partial charge is 0.348 e. The fourth-order valence-corrected chi connectivity index (χ4v) is 4.98. The minimum Gasteiger partial charge on any atom is -0.348 e. The van der Waals surface area contributed by atoms with Gasteiger partial charge in [-0.1, -0.05) is 23.1 Å². The number of anilines is 2. The zero-order valence-electron chi connectivity index (χ0n) is 15.5. The number of thioether (sulfide) groups is 1. The maximum absolute atomic E-state index is 13.3. The van der Waals surface area contributed by atoms with Gasteiger partial charge in [0.1, 0.15) is 11.0 Å². The van der Waals surface area contributed by atoms with Crippen LogP contribution in [0.5, 0.6) is 0 Å². The number of halogens is 2. The standard InChI is InChI=1S/C18H15F2N7OS2/c19-11-4-3-10(7-12(11)20)22-13(28)8-29-18-25-24-16-14-15(21-9-27(16)18)23-17(30-14)26-5-1-2-6-26/h3-4,7,9H,1-2,5-6,8H2,(H,22,28). The zero-order valence-corrected chi connectivity index (χ0v) is 17.1. The maximum atomic E-state index is 13.3. The van der Waals surface area contributed by atoms with Crippen molar-refractivity contribution in [1.82, 2.24) is 24.6 Å². The van der Waals surface area contributed by atoms with Crippen molar-refractivity contribution in [3.05, 3.63) is 36.2 Å². The molecule has 0 spiro atoms. The van der Waals surface area contributed by atoms with Gasteiger partial charge in [0.05, 0.1) is 5.75 Å². The summed E-state index contributed by atoms with van der Waals surface area (Å²) >= 11 is 2.72. The Hall–Kier alpha value is -2.86. The molecule has 0 radical (unpaired) electrons. The normalized spacial score (nSPS) is 14.1. The fourth-order valence-electron chi connectivity index (χ4n) is 3.23. The summed E-state index contributed by atoms with van der Waals surface area (Å²) in [5.41, 5.74) is 1.47. The predicted octanol–water partition coefficient (Wildman–Crippen LogP) is 3.34. The monoisotopic (exact) mass is 447 g/mol. The van der Waals surface area contributed by atoms with Crippen molar-refractivity contribution in [3.8, 4) is 0 Å². The lowest BCUT2D eigenvalue weighted by Gasteiger charge is -2.11. The molecule has 1 fully saturated rings. The Labute approximate surface area is 177 Å². The van der Waals surface area contributed by atoms with Gasteiger partial charge in [0.25, 0.3) is 0 Å². The number of nitrogens with zero attached hydrogens (tertiary/aromatic N) is 6. The van der Waals surface area contributed by atoms with Gasteiger partial charge in [0.15, 0.2) is 33.2 Å². The summed E-state index contributed by atoms with van der Waals surface area (Å²) in [6, 6.07) is 3.20. The predicted molar refractivity (Wildman–Crippen MR) is 111 cm³/mol. The number of rotatable bonds is 5. The van der Waals surface area contributed by atoms with E-state index >= 15 is 0 Å². The Morgan fingerprint density at radius 1 is 1.20 bits per heavy atom. The minimum absolute atomic E-state index is 0.0273. The lowest BCUT2D eigenvalue weighted by molar-refractivity contribution is -0.113. The van der Waals surface area contributed by atoms with E-state index < -0.39 is 11.6 Å². The van der Waals surface area contributed by atoms with Crippen molar-refractivity contribution in [2.24, 2.45) is 0 Å². The SMILES string of the molecule is O=C(CSc1nnc2c3sc(N4CCCC4)nc3ncn12)Nc1ccc(F)c(F)c1. The average Bonchev–Trinajstić information content (AvgIpc) is 3.47. The first-order valence-electron chi connectivity index (χ1n) is 9.21. The number of amides is 1. The number of nitrogens with one attached hydrogen (secondary N) is 1. The van der Waals surface area contributed by atoms with E-state index in [1.165, 1.54) is 17.8 Å². The van der Waals surface area contributed by atoms with Gasteiger partial charge in [-0.05, 0) is 25.0 Å². The van der Waals surface area contributed by atoms with E-state index in [9.17, 15) is 13.6 Å². The molecule has 4 heterocycles. The smallest absolute Gasteiger partial charge is 0.234 e. The first-order chi connectivity index (χ1) is 14.6. The van der Waals surface area contributed by atoms with Gasteiger partial charge >= 0.3 is 0 Å². The Bertz CT molecular complexity index is 1250. The molecule has 3 aromatic heterocycles. The number of carbonyl (C=O) groups excluding carboxylic acids is 1. The summed E-state index contributed by atoms with van der Waals surface area (Å²) in [5, 5.41) is 12.4. The molecule has 8 nitrogen and oxygen atoms in total. The molecule has 12 heteroatoms. The Morgan fingerprint density at radius 2 is 2.03 bits per heavy atom. The molecule has 1 N–H and O–H groups in total. The molecule has 1 amide bonds. The third-order valence-corrected chi connectivity index (χ3v) is 6.72. The molecular weight excluding hydrogens is 432 g/mol. The number of thiazole rings is 1. The number of carbonyl (C=O) groups is 1. The van der Waals surface area contributed by atoms with E-state index in [4.69, 9.17) is 0 Å². The summed E-state index contributed by atoms with van der Waals surface area (Å²) in [5.74, 6) is -2.32. The van der Waals surface area contributed by atoms with Gasteiger partial charge in [-0.3, -0.25) is 9.20 Å². The average molecular weight is 447 g/mol. The highest BCUT2D eigenvalue weighted by molar-refractivity contribution is 7.99. The first-order valence-corrected chi connectivity index (χ1v) is 11.0. The molecule has 1 saturated heterocycles. The molecule has 154 valence electrons. The highest BCUT2D eigenvalue weighted by Crippen LogP contribution is 2.32. The summed E-state index contributed by atoms with van der Waals surface area (Å²) in [4.78, 5) is 23.4. The summed E-state index contributed by atoms with van der Waals surface area (Å²) < 4.78 is 28.8. The van der Waals surface area contributed by atoms with Crippen LogP contribution >= 0.6 is 23.1 Å². The van der Waals surface area contributed by atoms with Crippen LogP contribution < -0.4 is 10.2 Å². The highest BCUT2D eigenvalue weighted by Gasteiger charge is 2.20. The van der Waals surface area contributed by atoms with Crippen LogP contribution in [0.2, 0.25) is 0 Å². The van der Waals surface area contributed by atoms with Gasteiger partial charge in [0, 0.05) is 24.8 Å². The molecule has 4 aromatic rings. The number of aromatic nitrogens is 5. The van der Waals surface area contributed by atoms with Crippen molar-refractivity contribution in [3.63, 3.8) is 0 Å². The Morgan fingerprint density at radius 3 is 2.83 bits per heavy atom. The summed E-state index contributed by atoms with van der Waals surface area (Å²) in [7, 11) is 0. The molecule has 30 heavy (non-hydrogen) atoms. The number of hydrogen-bond acceptors (Lipinski definition) is 8. The van der Waals surface area contributed by atoms with E-state index in [1.54, 1.807) is 22.1 Å². The molecule has 1 aliphatic rings. The van der Waals surface area contributed by atoms with Crippen LogP contribution in [0.3, 0.4) is 0 Å². The van der Waals surface area contributed by atoms with Crippen molar-refractivity contribution >= 4 is 55.8 Å². The van der Waals surface area contributed by atoms with E-state index in [2.05, 4.69) is 30.4 Å². The lowest BCUT2D eigenvalue weighted by Crippen LogP contribution is -2.16. The summed E-state index contributed by atoms with van der Waals surface area (Å²) in [6.07, 6.45) is 3.93. The zero-order chi connectivity index (χ0) is 20.7. The molecule has 0 bridgehead atoms. The second-order valence-electron chi connectivity index (χ2n) is 6.73. The van der Waals surface area contributed by atoms with Crippen molar-refractivity contribution in [1.29, 1.82) is 0 Å². The topological polar surface area (TPSA) is 88.3 Å².